The van der Waals surface area contributed by atoms with Crippen molar-refractivity contribution in [1.29, 1.82) is 0 Å². The van der Waals surface area contributed by atoms with Crippen LogP contribution in [-0.4, -0.2) is 39.2 Å². The fourth-order valence-electron chi connectivity index (χ4n) is 2.72. The van der Waals surface area contributed by atoms with Crippen molar-refractivity contribution < 1.29 is 5.11 Å². The molecule has 1 aromatic heterocycles. The minimum absolute atomic E-state index is 0.328. The number of aromatic nitrogens is 2. The maximum absolute atomic E-state index is 9.13. The van der Waals surface area contributed by atoms with Gasteiger partial charge in [-0.1, -0.05) is 0 Å². The molecular weight excluding hydrogens is 178 g/mol. The average molecular weight is 193 g/mol. The summed E-state index contributed by atoms with van der Waals surface area (Å²) in [5.74, 6) is 0.476. The van der Waals surface area contributed by atoms with Gasteiger partial charge in [-0.2, -0.15) is 0 Å². The molecule has 14 heavy (non-hydrogen) atoms. The van der Waals surface area contributed by atoms with Gasteiger partial charge in [-0.25, -0.2) is 4.98 Å². The predicted octanol–water partition coefficient (Wildman–Crippen LogP) is 0.149. The van der Waals surface area contributed by atoms with Crippen molar-refractivity contribution in [3.63, 3.8) is 0 Å². The van der Waals surface area contributed by atoms with Gasteiger partial charge in [0.25, 0.3) is 0 Å². The van der Waals surface area contributed by atoms with Crippen LogP contribution in [-0.2, 0) is 13.0 Å². The molecule has 3 rings (SSSR count). The van der Waals surface area contributed by atoms with Gasteiger partial charge in [0.2, 0.25) is 0 Å². The van der Waals surface area contributed by atoms with E-state index in [0.717, 1.165) is 25.9 Å². The lowest BCUT2D eigenvalue weighted by molar-refractivity contribution is 0.203. The van der Waals surface area contributed by atoms with Crippen LogP contribution in [0.2, 0.25) is 0 Å². The molecule has 0 unspecified atom stereocenters. The van der Waals surface area contributed by atoms with E-state index in [1.54, 1.807) is 6.33 Å². The Morgan fingerprint density at radius 1 is 1.64 bits per heavy atom. The number of hydrogen-bond acceptors (Lipinski definition) is 3. The third-order valence-electron chi connectivity index (χ3n) is 3.47. The van der Waals surface area contributed by atoms with Gasteiger partial charge in [0, 0.05) is 32.2 Å². The second kappa shape index (κ2) is 3.07. The third kappa shape index (κ3) is 1.18. The molecule has 0 radical (unpaired) electrons. The molecule has 4 heteroatoms. The van der Waals surface area contributed by atoms with Gasteiger partial charge in [0.05, 0.1) is 17.7 Å². The number of rotatable bonds is 1. The second-order valence-corrected chi connectivity index (χ2v) is 4.40. The Morgan fingerprint density at radius 2 is 2.57 bits per heavy atom. The molecule has 2 N–H and O–H groups in total. The predicted molar refractivity (Wildman–Crippen MR) is 51.7 cm³/mol. The van der Waals surface area contributed by atoms with Crippen LogP contribution in [0.15, 0.2) is 6.33 Å². The number of hydrogen-bond donors (Lipinski definition) is 2. The first kappa shape index (κ1) is 8.44. The van der Waals surface area contributed by atoms with Gasteiger partial charge in [0.15, 0.2) is 0 Å². The number of aliphatic hydroxyl groups excluding tert-OH is 1. The van der Waals surface area contributed by atoms with E-state index in [1.807, 2.05) is 0 Å². The first-order chi connectivity index (χ1) is 6.86. The molecule has 0 aromatic carbocycles. The van der Waals surface area contributed by atoms with Gasteiger partial charge in [-0.05, 0) is 12.3 Å². The standard InChI is InChI=1S/C10H15N3O/c14-5-7-1-8-2-9-10(12-6-11-9)4-13(8)3-7/h6-8,14H,1-5H2,(H,11,12)/t7-,8-/m1/s1. The van der Waals surface area contributed by atoms with Crippen LogP contribution in [0.4, 0.5) is 0 Å². The zero-order chi connectivity index (χ0) is 9.54. The number of nitrogens with zero attached hydrogens (tertiary/aromatic N) is 2. The minimum atomic E-state index is 0.328. The monoisotopic (exact) mass is 193 g/mol. The van der Waals surface area contributed by atoms with E-state index >= 15 is 0 Å². The number of fused-ring (bicyclic) bond motifs is 2. The van der Waals surface area contributed by atoms with Gasteiger partial charge in [0.1, 0.15) is 0 Å². The quantitative estimate of drug-likeness (QED) is 0.667. The number of aliphatic hydroxyl groups is 1. The molecule has 76 valence electrons. The highest BCUT2D eigenvalue weighted by Gasteiger charge is 2.35. The molecule has 1 aromatic rings. The number of nitrogens with one attached hydrogen (secondary N) is 1. The Bertz CT molecular complexity index is 307. The van der Waals surface area contributed by atoms with E-state index in [0.29, 0.717) is 18.6 Å². The topological polar surface area (TPSA) is 52.2 Å². The summed E-state index contributed by atoms with van der Waals surface area (Å²) < 4.78 is 0. The molecule has 1 fully saturated rings. The first-order valence-corrected chi connectivity index (χ1v) is 5.23. The number of imidazole rings is 1. The average Bonchev–Trinajstić information content (AvgIpc) is 2.77. The lowest BCUT2D eigenvalue weighted by Gasteiger charge is -2.28. The maximum Gasteiger partial charge on any atom is 0.0925 e. The van der Waals surface area contributed by atoms with Gasteiger partial charge in [-0.15, -0.1) is 0 Å². The normalized spacial score (nSPS) is 31.5. The molecule has 0 spiro atoms. The third-order valence-corrected chi connectivity index (χ3v) is 3.47. The molecule has 1 saturated heterocycles. The fraction of sp³-hybridized carbons (Fsp3) is 0.700. The smallest absolute Gasteiger partial charge is 0.0925 e. The van der Waals surface area contributed by atoms with Crippen molar-refractivity contribution in [2.24, 2.45) is 5.92 Å². The van der Waals surface area contributed by atoms with E-state index in [-0.39, 0.29) is 0 Å². The zero-order valence-corrected chi connectivity index (χ0v) is 8.11. The van der Waals surface area contributed by atoms with Crippen molar-refractivity contribution in [3.8, 4) is 0 Å². The van der Waals surface area contributed by atoms with Crippen molar-refractivity contribution in [3.05, 3.63) is 17.7 Å². The van der Waals surface area contributed by atoms with Crippen molar-refractivity contribution in [2.75, 3.05) is 13.2 Å². The summed E-state index contributed by atoms with van der Waals surface area (Å²) in [5.41, 5.74) is 2.49. The summed E-state index contributed by atoms with van der Waals surface area (Å²) in [5, 5.41) is 9.13. The highest BCUT2D eigenvalue weighted by atomic mass is 16.3. The minimum Gasteiger partial charge on any atom is -0.396 e. The van der Waals surface area contributed by atoms with Crippen LogP contribution in [0, 0.1) is 5.92 Å². The summed E-state index contributed by atoms with van der Waals surface area (Å²) in [6, 6.07) is 0.614. The molecule has 0 saturated carbocycles. The van der Waals surface area contributed by atoms with E-state index < -0.39 is 0 Å². The molecule has 2 atom stereocenters. The molecule has 0 bridgehead atoms. The Morgan fingerprint density at radius 3 is 3.43 bits per heavy atom. The van der Waals surface area contributed by atoms with Crippen LogP contribution < -0.4 is 0 Å². The van der Waals surface area contributed by atoms with Gasteiger partial charge < -0.3 is 10.1 Å². The Hall–Kier alpha value is -0.870. The summed E-state index contributed by atoms with van der Waals surface area (Å²) in [6.07, 6.45) is 3.97. The maximum atomic E-state index is 9.13. The largest absolute Gasteiger partial charge is 0.396 e. The Labute approximate surface area is 83.0 Å². The molecule has 0 amide bonds. The number of H-pyrrole nitrogens is 1. The fourth-order valence-corrected chi connectivity index (χ4v) is 2.72. The van der Waals surface area contributed by atoms with Crippen molar-refractivity contribution >= 4 is 0 Å². The highest BCUT2D eigenvalue weighted by molar-refractivity contribution is 5.17. The molecular formula is C10H15N3O. The van der Waals surface area contributed by atoms with Crippen molar-refractivity contribution in [2.45, 2.75) is 25.4 Å². The molecule has 4 nitrogen and oxygen atoms in total. The summed E-state index contributed by atoms with van der Waals surface area (Å²) in [7, 11) is 0. The van der Waals surface area contributed by atoms with Crippen LogP contribution >= 0.6 is 0 Å². The van der Waals surface area contributed by atoms with E-state index in [2.05, 4.69) is 14.9 Å². The second-order valence-electron chi connectivity index (χ2n) is 4.40. The van der Waals surface area contributed by atoms with E-state index in [1.165, 1.54) is 11.4 Å². The van der Waals surface area contributed by atoms with Gasteiger partial charge >= 0.3 is 0 Å². The summed E-state index contributed by atoms with van der Waals surface area (Å²) >= 11 is 0. The molecule has 2 aliphatic rings. The SMILES string of the molecule is OC[C@@H]1C[C@@H]2Cc3nc[nH]c3CN2C1. The number of aromatic amines is 1. The Kier molecular flexibility index (Phi) is 1.85. The Balaban J connectivity index is 1.82. The van der Waals surface area contributed by atoms with Crippen LogP contribution in [0.1, 0.15) is 17.8 Å². The zero-order valence-electron chi connectivity index (χ0n) is 8.11. The first-order valence-electron chi connectivity index (χ1n) is 5.23. The highest BCUT2D eigenvalue weighted by Crippen LogP contribution is 2.31. The van der Waals surface area contributed by atoms with Crippen LogP contribution in [0.3, 0.4) is 0 Å². The summed E-state index contributed by atoms with van der Waals surface area (Å²) in [4.78, 5) is 9.97. The molecule has 3 heterocycles. The van der Waals surface area contributed by atoms with Crippen molar-refractivity contribution in [1.82, 2.24) is 14.9 Å². The van der Waals surface area contributed by atoms with Crippen LogP contribution in [0.5, 0.6) is 0 Å². The van der Waals surface area contributed by atoms with E-state index in [4.69, 9.17) is 5.11 Å². The molecule has 0 aliphatic carbocycles. The lowest BCUT2D eigenvalue weighted by atomic mass is 10.0. The van der Waals surface area contributed by atoms with Gasteiger partial charge in [-0.3, -0.25) is 4.90 Å². The summed E-state index contributed by atoms with van der Waals surface area (Å²) in [6.45, 7) is 2.35. The van der Waals surface area contributed by atoms with E-state index in [9.17, 15) is 0 Å². The molecule has 2 aliphatic heterocycles. The van der Waals surface area contributed by atoms with Crippen LogP contribution in [0.25, 0.3) is 0 Å². The lowest BCUT2D eigenvalue weighted by Crippen LogP contribution is -2.35.